The summed E-state index contributed by atoms with van der Waals surface area (Å²) in [5.41, 5.74) is 5.04. The third-order valence-electron chi connectivity index (χ3n) is 4.35. The van der Waals surface area contributed by atoms with Crippen molar-refractivity contribution in [3.63, 3.8) is 0 Å². The number of H-pyrrole nitrogens is 1. The summed E-state index contributed by atoms with van der Waals surface area (Å²) in [5.74, 6) is 0.737. The van der Waals surface area contributed by atoms with Gasteiger partial charge in [-0.1, -0.05) is 12.1 Å². The van der Waals surface area contributed by atoms with Crippen molar-refractivity contribution >= 4 is 33.8 Å². The number of nitrogens with one attached hydrogen (secondary N) is 2. The van der Waals surface area contributed by atoms with Crippen molar-refractivity contribution in [2.45, 2.75) is 0 Å². The second kappa shape index (κ2) is 5.24. The van der Waals surface area contributed by atoms with Gasteiger partial charge in [-0.15, -0.1) is 0 Å². The lowest BCUT2D eigenvalue weighted by Gasteiger charge is -2.03. The van der Waals surface area contributed by atoms with E-state index in [2.05, 4.69) is 68.6 Å². The number of aromatic amines is 1. The van der Waals surface area contributed by atoms with Crippen LogP contribution in [0.25, 0.3) is 33.1 Å². The molecule has 0 aliphatic carbocycles. The lowest BCUT2D eigenvalue weighted by molar-refractivity contribution is 0.622. The summed E-state index contributed by atoms with van der Waals surface area (Å²) < 4.78 is 7.85. The summed E-state index contributed by atoms with van der Waals surface area (Å²) in [5, 5.41) is 11.0. The van der Waals surface area contributed by atoms with Crippen LogP contribution < -0.4 is 5.32 Å². The smallest absolute Gasteiger partial charge is 0.301 e. The Morgan fingerprint density at radius 3 is 2.80 bits per heavy atom. The number of benzene rings is 2. The van der Waals surface area contributed by atoms with Gasteiger partial charge in [0.1, 0.15) is 11.3 Å². The molecule has 2 N–H and O–H groups in total. The zero-order valence-electron chi connectivity index (χ0n) is 13.5. The van der Waals surface area contributed by atoms with Crippen molar-refractivity contribution in [3.05, 3.63) is 60.9 Å². The van der Waals surface area contributed by atoms with Crippen LogP contribution in [-0.2, 0) is 7.05 Å². The van der Waals surface area contributed by atoms with Crippen LogP contribution in [0.3, 0.4) is 0 Å². The second-order valence-electron chi connectivity index (χ2n) is 6.00. The maximum Gasteiger partial charge on any atom is 0.301 e. The first-order chi connectivity index (χ1) is 12.3. The van der Waals surface area contributed by atoms with Gasteiger partial charge in [0, 0.05) is 30.2 Å². The fourth-order valence-electron chi connectivity index (χ4n) is 3.06. The van der Waals surface area contributed by atoms with Gasteiger partial charge in [-0.25, -0.2) is 0 Å². The molecule has 0 bridgehead atoms. The molecule has 0 saturated heterocycles. The Bertz CT molecular complexity index is 1180. The van der Waals surface area contributed by atoms with Gasteiger partial charge in [-0.05, 0) is 41.5 Å². The molecule has 0 saturated carbocycles. The average molecular weight is 329 g/mol. The molecule has 0 aliphatic heterocycles. The van der Waals surface area contributed by atoms with Crippen LogP contribution in [0, 0.1) is 0 Å². The summed E-state index contributed by atoms with van der Waals surface area (Å²) in [7, 11) is 2.05. The largest absolute Gasteiger partial charge is 0.423 e. The van der Waals surface area contributed by atoms with Crippen LogP contribution in [0.5, 0.6) is 0 Å². The quantitative estimate of drug-likeness (QED) is 0.513. The Hall–Kier alpha value is -3.54. The van der Waals surface area contributed by atoms with Gasteiger partial charge < -0.3 is 8.98 Å². The third-order valence-corrected chi connectivity index (χ3v) is 4.35. The van der Waals surface area contributed by atoms with Gasteiger partial charge in [-0.3, -0.25) is 10.4 Å². The van der Waals surface area contributed by atoms with Crippen molar-refractivity contribution in [1.29, 1.82) is 0 Å². The molecule has 5 aromatic rings. The Kier molecular flexibility index (Phi) is 2.90. The third kappa shape index (κ3) is 2.35. The first-order valence-corrected chi connectivity index (χ1v) is 7.99. The molecule has 0 fully saturated rings. The molecule has 25 heavy (non-hydrogen) atoms. The summed E-state index contributed by atoms with van der Waals surface area (Å²) in [4.78, 5) is 4.51. The zero-order chi connectivity index (χ0) is 16.8. The second-order valence-corrected chi connectivity index (χ2v) is 6.00. The van der Waals surface area contributed by atoms with Gasteiger partial charge in [0.2, 0.25) is 0 Å². The normalized spacial score (nSPS) is 11.4. The minimum absolute atomic E-state index is 0.440. The number of nitrogens with zero attached hydrogens (tertiary/aromatic N) is 3. The summed E-state index contributed by atoms with van der Waals surface area (Å²) in [6, 6.07) is 16.9. The van der Waals surface area contributed by atoms with E-state index in [9.17, 15) is 0 Å². The van der Waals surface area contributed by atoms with Gasteiger partial charge in [0.15, 0.2) is 5.58 Å². The summed E-state index contributed by atoms with van der Waals surface area (Å²) in [6.07, 6.45) is 3.74. The predicted octanol–water partition coefficient (Wildman–Crippen LogP) is 4.45. The van der Waals surface area contributed by atoms with Crippen LogP contribution in [0.15, 0.2) is 65.3 Å². The molecule has 0 aliphatic rings. The molecule has 0 spiro atoms. The van der Waals surface area contributed by atoms with Gasteiger partial charge >= 0.3 is 6.01 Å². The Balaban J connectivity index is 1.54. The summed E-state index contributed by atoms with van der Waals surface area (Å²) in [6.45, 7) is 0. The van der Waals surface area contributed by atoms with E-state index in [1.807, 2.05) is 18.2 Å². The van der Waals surface area contributed by atoms with E-state index in [4.69, 9.17) is 4.42 Å². The zero-order valence-corrected chi connectivity index (χ0v) is 13.5. The van der Waals surface area contributed by atoms with E-state index >= 15 is 0 Å². The maximum absolute atomic E-state index is 5.73. The molecular weight excluding hydrogens is 314 g/mol. The molecule has 3 heterocycles. The highest BCUT2D eigenvalue weighted by atomic mass is 16.4. The minimum Gasteiger partial charge on any atom is -0.423 e. The van der Waals surface area contributed by atoms with Crippen molar-refractivity contribution < 1.29 is 4.42 Å². The number of hydrogen-bond donors (Lipinski definition) is 2. The molecule has 0 amide bonds. The fraction of sp³-hybridized carbons (Fsp3) is 0.0526. The number of aromatic nitrogens is 4. The minimum atomic E-state index is 0.440. The molecule has 0 radical (unpaired) electrons. The standard InChI is InChI=1S/C19H15N5O/c1-24-9-7-14-10-12(2-4-16(14)24)13-3-5-17-15(11-13)21-19(25-17)22-18-6-8-20-23-18/h2-11H,1H3,(H2,20,21,22,23). The summed E-state index contributed by atoms with van der Waals surface area (Å²) >= 11 is 0. The average Bonchev–Trinajstić information content (AvgIpc) is 3.35. The van der Waals surface area contributed by atoms with Crippen molar-refractivity contribution in [2.24, 2.45) is 7.05 Å². The monoisotopic (exact) mass is 329 g/mol. The van der Waals surface area contributed by atoms with E-state index < -0.39 is 0 Å². The molecule has 0 atom stereocenters. The molecule has 5 rings (SSSR count). The number of aryl methyl sites for hydroxylation is 1. The number of rotatable bonds is 3. The Morgan fingerprint density at radius 1 is 1.04 bits per heavy atom. The lowest BCUT2D eigenvalue weighted by Crippen LogP contribution is -1.89. The van der Waals surface area contributed by atoms with Crippen LogP contribution in [0.1, 0.15) is 0 Å². The number of oxazole rings is 1. The van der Waals surface area contributed by atoms with E-state index in [0.717, 1.165) is 28.0 Å². The molecule has 122 valence electrons. The number of anilines is 2. The van der Waals surface area contributed by atoms with E-state index in [-0.39, 0.29) is 0 Å². The highest BCUT2D eigenvalue weighted by Gasteiger charge is 2.09. The topological polar surface area (TPSA) is 71.7 Å². The fourth-order valence-corrected chi connectivity index (χ4v) is 3.06. The number of fused-ring (bicyclic) bond motifs is 2. The first kappa shape index (κ1) is 13.9. The highest BCUT2D eigenvalue weighted by Crippen LogP contribution is 2.29. The van der Waals surface area contributed by atoms with Gasteiger partial charge in [0.25, 0.3) is 0 Å². The number of hydrogen-bond acceptors (Lipinski definition) is 4. The van der Waals surface area contributed by atoms with Gasteiger partial charge in [-0.2, -0.15) is 10.1 Å². The molecular formula is C19H15N5O. The van der Waals surface area contributed by atoms with Gasteiger partial charge in [0.05, 0.1) is 6.20 Å². The molecule has 6 nitrogen and oxygen atoms in total. The van der Waals surface area contributed by atoms with Crippen molar-refractivity contribution in [1.82, 2.24) is 19.7 Å². The SMILES string of the molecule is Cn1ccc2cc(-c3ccc4oc(Nc5ccn[nH]5)nc4c3)ccc21. The van der Waals surface area contributed by atoms with E-state index in [1.54, 1.807) is 6.20 Å². The van der Waals surface area contributed by atoms with Crippen molar-refractivity contribution in [2.75, 3.05) is 5.32 Å². The van der Waals surface area contributed by atoms with Crippen LogP contribution in [-0.4, -0.2) is 19.7 Å². The Morgan fingerprint density at radius 2 is 1.92 bits per heavy atom. The van der Waals surface area contributed by atoms with E-state index in [0.29, 0.717) is 6.01 Å². The lowest BCUT2D eigenvalue weighted by atomic mass is 10.0. The molecule has 2 aromatic carbocycles. The first-order valence-electron chi connectivity index (χ1n) is 7.99. The van der Waals surface area contributed by atoms with Crippen LogP contribution in [0.2, 0.25) is 0 Å². The maximum atomic E-state index is 5.73. The highest BCUT2D eigenvalue weighted by molar-refractivity contribution is 5.88. The molecule has 6 heteroatoms. The van der Waals surface area contributed by atoms with Crippen LogP contribution >= 0.6 is 0 Å². The predicted molar refractivity (Wildman–Crippen MR) is 97.8 cm³/mol. The molecule has 3 aromatic heterocycles. The Labute approximate surface area is 143 Å². The van der Waals surface area contributed by atoms with Crippen molar-refractivity contribution in [3.8, 4) is 11.1 Å². The van der Waals surface area contributed by atoms with Crippen LogP contribution in [0.4, 0.5) is 11.8 Å². The van der Waals surface area contributed by atoms with E-state index in [1.165, 1.54) is 10.9 Å². The molecule has 0 unspecified atom stereocenters.